The van der Waals surface area contributed by atoms with Gasteiger partial charge in [0.2, 0.25) is 0 Å². The first-order valence-electron chi connectivity index (χ1n) is 4.66. The van der Waals surface area contributed by atoms with E-state index in [4.69, 9.17) is 0 Å². The Hall–Kier alpha value is -0.960. The second-order valence-corrected chi connectivity index (χ2v) is 4.73. The summed E-state index contributed by atoms with van der Waals surface area (Å²) in [5, 5.41) is 0. The van der Waals surface area contributed by atoms with Crippen LogP contribution in [0.3, 0.4) is 0 Å². The maximum absolute atomic E-state index is 11.5. The van der Waals surface area contributed by atoms with E-state index in [9.17, 15) is 4.79 Å². The summed E-state index contributed by atoms with van der Waals surface area (Å²) in [5.74, 6) is 1.20. The van der Waals surface area contributed by atoms with Gasteiger partial charge in [-0.15, -0.1) is 11.8 Å². The summed E-state index contributed by atoms with van der Waals surface area (Å²) in [4.78, 5) is 14.7. The van der Waals surface area contributed by atoms with Gasteiger partial charge >= 0.3 is 0 Å². The van der Waals surface area contributed by atoms with E-state index < -0.39 is 0 Å². The number of benzene rings is 1. The molecule has 1 aromatic rings. The van der Waals surface area contributed by atoms with Gasteiger partial charge in [-0.1, -0.05) is 0 Å². The van der Waals surface area contributed by atoms with Crippen molar-refractivity contribution in [2.24, 2.45) is 0 Å². The molecule has 0 unspecified atom stereocenters. The van der Waals surface area contributed by atoms with Crippen LogP contribution in [0.15, 0.2) is 23.1 Å². The van der Waals surface area contributed by atoms with Crippen LogP contribution in [0, 0.1) is 0 Å². The largest absolute Gasteiger partial charge is 0.378 e. The highest BCUT2D eigenvalue weighted by molar-refractivity contribution is 7.99. The van der Waals surface area contributed by atoms with Crippen LogP contribution < -0.4 is 4.90 Å². The van der Waals surface area contributed by atoms with Gasteiger partial charge in [-0.05, 0) is 18.2 Å². The molecule has 0 saturated heterocycles. The highest BCUT2D eigenvalue weighted by atomic mass is 32.2. The smallest absolute Gasteiger partial charge is 0.164 e. The van der Waals surface area contributed by atoms with Gasteiger partial charge in [0.25, 0.3) is 0 Å². The van der Waals surface area contributed by atoms with E-state index in [1.54, 1.807) is 11.8 Å². The number of carbonyl (C=O) groups is 1. The Kier molecular flexibility index (Phi) is 2.50. The Morgan fingerprint density at radius 1 is 1.36 bits per heavy atom. The van der Waals surface area contributed by atoms with Gasteiger partial charge in [-0.2, -0.15) is 0 Å². The van der Waals surface area contributed by atoms with E-state index in [-0.39, 0.29) is 5.78 Å². The lowest BCUT2D eigenvalue weighted by Crippen LogP contribution is -2.12. The monoisotopic (exact) mass is 207 g/mol. The number of Topliss-reactive ketones (excluding diaryl/α,β-unsaturated/α-hetero) is 1. The van der Waals surface area contributed by atoms with Gasteiger partial charge in [0, 0.05) is 42.4 Å². The summed E-state index contributed by atoms with van der Waals surface area (Å²) in [6.07, 6.45) is 0.680. The highest BCUT2D eigenvalue weighted by Gasteiger charge is 2.17. The fourth-order valence-corrected chi connectivity index (χ4v) is 2.58. The minimum Gasteiger partial charge on any atom is -0.378 e. The van der Waals surface area contributed by atoms with Crippen LogP contribution >= 0.6 is 11.8 Å². The molecule has 1 aliphatic rings. The number of ketones is 1. The maximum Gasteiger partial charge on any atom is 0.164 e. The molecule has 0 fully saturated rings. The van der Waals surface area contributed by atoms with Gasteiger partial charge in [0.05, 0.1) is 0 Å². The number of thioether (sulfide) groups is 1. The SMILES string of the molecule is CN(C)c1ccc2c(c1)SCCC2=O. The molecule has 0 spiro atoms. The molecule has 1 aromatic carbocycles. The third kappa shape index (κ3) is 1.64. The van der Waals surface area contributed by atoms with Crippen LogP contribution in [0.25, 0.3) is 0 Å². The van der Waals surface area contributed by atoms with E-state index >= 15 is 0 Å². The zero-order chi connectivity index (χ0) is 10.1. The van der Waals surface area contributed by atoms with E-state index in [1.165, 1.54) is 0 Å². The summed E-state index contributed by atoms with van der Waals surface area (Å²) >= 11 is 1.78. The zero-order valence-corrected chi connectivity index (χ0v) is 9.23. The molecule has 74 valence electrons. The Bertz CT molecular complexity index is 374. The fourth-order valence-electron chi connectivity index (χ4n) is 1.53. The standard InChI is InChI=1S/C11H13NOS/c1-12(2)8-3-4-9-10(13)5-6-14-11(9)7-8/h3-4,7H,5-6H2,1-2H3. The lowest BCUT2D eigenvalue weighted by molar-refractivity contribution is 0.0985. The minimum absolute atomic E-state index is 0.282. The second kappa shape index (κ2) is 3.65. The molecule has 0 amide bonds. The molecule has 3 heteroatoms. The predicted molar refractivity (Wildman–Crippen MR) is 60.4 cm³/mol. The zero-order valence-electron chi connectivity index (χ0n) is 8.41. The Balaban J connectivity index is 2.44. The number of nitrogens with zero attached hydrogens (tertiary/aromatic N) is 1. The Morgan fingerprint density at radius 2 is 2.14 bits per heavy atom. The van der Waals surface area contributed by atoms with E-state index in [0.29, 0.717) is 6.42 Å². The predicted octanol–water partition coefficient (Wildman–Crippen LogP) is 2.43. The molecule has 0 saturated carbocycles. The number of hydrogen-bond donors (Lipinski definition) is 0. The fraction of sp³-hybridized carbons (Fsp3) is 0.364. The van der Waals surface area contributed by atoms with Crippen molar-refractivity contribution in [3.8, 4) is 0 Å². The maximum atomic E-state index is 11.5. The third-order valence-electron chi connectivity index (χ3n) is 2.37. The van der Waals surface area contributed by atoms with Crippen LogP contribution in [0.4, 0.5) is 5.69 Å². The quantitative estimate of drug-likeness (QED) is 0.705. The molecule has 0 N–H and O–H groups in total. The number of hydrogen-bond acceptors (Lipinski definition) is 3. The average Bonchev–Trinajstić information content (AvgIpc) is 2.17. The Morgan fingerprint density at radius 3 is 2.86 bits per heavy atom. The van der Waals surface area contributed by atoms with Gasteiger partial charge < -0.3 is 4.90 Å². The Labute approximate surface area is 88.3 Å². The number of rotatable bonds is 1. The molecule has 0 aliphatic carbocycles. The normalized spacial score (nSPS) is 15.1. The van der Waals surface area contributed by atoms with Crippen molar-refractivity contribution in [2.75, 3.05) is 24.7 Å². The number of carbonyl (C=O) groups excluding carboxylic acids is 1. The first kappa shape index (κ1) is 9.59. The topological polar surface area (TPSA) is 20.3 Å². The molecular weight excluding hydrogens is 194 g/mol. The van der Waals surface area contributed by atoms with Crippen LogP contribution in [0.2, 0.25) is 0 Å². The van der Waals surface area contributed by atoms with Crippen molar-refractivity contribution >= 4 is 23.2 Å². The van der Waals surface area contributed by atoms with Crippen molar-refractivity contribution in [2.45, 2.75) is 11.3 Å². The average molecular weight is 207 g/mol. The van der Waals surface area contributed by atoms with Crippen LogP contribution in [0.5, 0.6) is 0 Å². The number of fused-ring (bicyclic) bond motifs is 1. The molecule has 0 radical (unpaired) electrons. The van der Waals surface area contributed by atoms with Gasteiger partial charge in [-0.3, -0.25) is 4.79 Å². The lowest BCUT2D eigenvalue weighted by atomic mass is 10.1. The molecule has 14 heavy (non-hydrogen) atoms. The van der Waals surface area contributed by atoms with Crippen molar-refractivity contribution < 1.29 is 4.79 Å². The summed E-state index contributed by atoms with van der Waals surface area (Å²) in [6, 6.07) is 6.04. The first-order valence-corrected chi connectivity index (χ1v) is 5.64. The summed E-state index contributed by atoms with van der Waals surface area (Å²) in [6.45, 7) is 0. The molecule has 2 nitrogen and oxygen atoms in total. The number of anilines is 1. The van der Waals surface area contributed by atoms with Crippen molar-refractivity contribution in [3.63, 3.8) is 0 Å². The van der Waals surface area contributed by atoms with Gasteiger partial charge in [-0.25, -0.2) is 0 Å². The summed E-state index contributed by atoms with van der Waals surface area (Å²) < 4.78 is 0. The van der Waals surface area contributed by atoms with Crippen molar-refractivity contribution in [1.82, 2.24) is 0 Å². The molecule has 1 heterocycles. The van der Waals surface area contributed by atoms with Gasteiger partial charge in [0.1, 0.15) is 0 Å². The van der Waals surface area contributed by atoms with Crippen LogP contribution in [0.1, 0.15) is 16.8 Å². The second-order valence-electron chi connectivity index (χ2n) is 3.60. The van der Waals surface area contributed by atoms with Crippen molar-refractivity contribution in [3.05, 3.63) is 23.8 Å². The molecule has 1 aliphatic heterocycles. The summed E-state index contributed by atoms with van der Waals surface area (Å²) in [7, 11) is 4.02. The molecule has 0 aromatic heterocycles. The van der Waals surface area contributed by atoms with Crippen molar-refractivity contribution in [1.29, 1.82) is 0 Å². The minimum atomic E-state index is 0.282. The van der Waals surface area contributed by atoms with Crippen LogP contribution in [-0.4, -0.2) is 25.6 Å². The van der Waals surface area contributed by atoms with E-state index in [2.05, 4.69) is 11.0 Å². The highest BCUT2D eigenvalue weighted by Crippen LogP contribution is 2.32. The molecule has 0 bridgehead atoms. The lowest BCUT2D eigenvalue weighted by Gasteiger charge is -2.18. The third-order valence-corrected chi connectivity index (χ3v) is 3.43. The molecule has 2 rings (SSSR count). The first-order chi connectivity index (χ1) is 6.68. The molecule has 0 atom stereocenters. The molecular formula is C11H13NOS. The summed E-state index contributed by atoms with van der Waals surface area (Å²) in [5.41, 5.74) is 2.05. The van der Waals surface area contributed by atoms with Gasteiger partial charge in [0.15, 0.2) is 5.78 Å². The van der Waals surface area contributed by atoms with Crippen LogP contribution in [-0.2, 0) is 0 Å². The van der Waals surface area contributed by atoms with E-state index in [1.807, 2.05) is 26.2 Å². The van der Waals surface area contributed by atoms with E-state index in [0.717, 1.165) is 21.9 Å².